The molecular formula is C8H12F2O6S. The van der Waals surface area contributed by atoms with Crippen molar-refractivity contribution in [3.8, 4) is 0 Å². The summed E-state index contributed by atoms with van der Waals surface area (Å²) in [5.74, 6) is -1.76. The fraction of sp³-hybridized carbons (Fsp3) is 0.875. The van der Waals surface area contributed by atoms with Crippen LogP contribution in [0.2, 0.25) is 0 Å². The summed E-state index contributed by atoms with van der Waals surface area (Å²) in [4.78, 5) is 11.0. The van der Waals surface area contributed by atoms with Crippen molar-refractivity contribution in [1.29, 1.82) is 0 Å². The van der Waals surface area contributed by atoms with E-state index in [-0.39, 0.29) is 0 Å². The van der Waals surface area contributed by atoms with Gasteiger partial charge in [-0.15, -0.1) is 4.33 Å². The van der Waals surface area contributed by atoms with Crippen LogP contribution in [0.5, 0.6) is 0 Å². The molecule has 0 spiro atoms. The van der Waals surface area contributed by atoms with Gasteiger partial charge in [-0.3, -0.25) is 0 Å². The summed E-state index contributed by atoms with van der Waals surface area (Å²) in [6.07, 6.45) is 0.397. The molecule has 1 aliphatic carbocycles. The van der Waals surface area contributed by atoms with E-state index in [1.54, 1.807) is 0 Å². The molecule has 0 aromatic rings. The number of aliphatic hydroxyl groups excluding tert-OH is 1. The molecule has 1 fully saturated rings. The Balaban J connectivity index is 2.37. The molecule has 1 aliphatic rings. The van der Waals surface area contributed by atoms with Crippen molar-refractivity contribution in [3.63, 3.8) is 0 Å². The van der Waals surface area contributed by atoms with Crippen LogP contribution >= 0.6 is 12.0 Å². The molecule has 17 heavy (non-hydrogen) atoms. The number of carbonyl (C=O) groups is 1. The zero-order valence-electron chi connectivity index (χ0n) is 8.67. The number of aliphatic hydroxyl groups is 1. The molecule has 0 amide bonds. The van der Waals surface area contributed by atoms with E-state index in [4.69, 9.17) is 5.26 Å². The van der Waals surface area contributed by atoms with E-state index in [1.165, 1.54) is 0 Å². The lowest BCUT2D eigenvalue weighted by Gasteiger charge is -2.26. The molecule has 0 radical (unpaired) electrons. The lowest BCUT2D eigenvalue weighted by Crippen LogP contribution is -2.34. The summed E-state index contributed by atoms with van der Waals surface area (Å²) in [5, 5.41) is 15.9. The van der Waals surface area contributed by atoms with Gasteiger partial charge >= 0.3 is 11.2 Å². The van der Waals surface area contributed by atoms with Crippen LogP contribution in [0.1, 0.15) is 25.7 Å². The maximum atomic E-state index is 13.0. The molecule has 0 unspecified atom stereocenters. The highest BCUT2D eigenvalue weighted by atomic mass is 32.2. The lowest BCUT2D eigenvalue weighted by atomic mass is 9.95. The van der Waals surface area contributed by atoms with Gasteiger partial charge in [-0.2, -0.15) is 8.78 Å². The summed E-state index contributed by atoms with van der Waals surface area (Å²) in [6.45, 7) is 0. The van der Waals surface area contributed by atoms with Crippen LogP contribution < -0.4 is 0 Å². The number of rotatable bonds is 5. The fourth-order valence-electron chi connectivity index (χ4n) is 1.48. The standard InChI is InChI=1S/C8H12F2O6S/c9-8(10,17-16-15-13)7(12)14-6-3-1-5(11)2-4-6/h5-6,11,13H,1-4H2. The van der Waals surface area contributed by atoms with Crippen molar-refractivity contribution in [2.75, 3.05) is 0 Å². The zero-order chi connectivity index (χ0) is 12.9. The highest BCUT2D eigenvalue weighted by Crippen LogP contribution is 2.33. The minimum atomic E-state index is -3.96. The van der Waals surface area contributed by atoms with Gasteiger partial charge in [0.1, 0.15) is 18.1 Å². The molecule has 1 saturated carbocycles. The predicted octanol–water partition coefficient (Wildman–Crippen LogP) is 1.50. The first-order valence-electron chi connectivity index (χ1n) is 4.88. The van der Waals surface area contributed by atoms with Crippen molar-refractivity contribution in [1.82, 2.24) is 0 Å². The lowest BCUT2D eigenvalue weighted by molar-refractivity contribution is -0.433. The summed E-state index contributed by atoms with van der Waals surface area (Å²) in [6, 6.07) is 0. The Kier molecular flexibility index (Phi) is 5.53. The highest BCUT2D eigenvalue weighted by molar-refractivity contribution is 7.96. The molecule has 0 aliphatic heterocycles. The Bertz CT molecular complexity index is 256. The first-order chi connectivity index (χ1) is 7.95. The molecule has 0 atom stereocenters. The van der Waals surface area contributed by atoms with Gasteiger partial charge in [0.25, 0.3) is 0 Å². The summed E-state index contributed by atoms with van der Waals surface area (Å²) in [7, 11) is 0. The Hall–Kier alpha value is -0.480. The third-order valence-corrected chi connectivity index (χ3v) is 2.83. The van der Waals surface area contributed by atoms with E-state index in [2.05, 4.69) is 14.1 Å². The Morgan fingerprint density at radius 3 is 2.41 bits per heavy atom. The Morgan fingerprint density at radius 1 is 1.29 bits per heavy atom. The first kappa shape index (κ1) is 14.6. The highest BCUT2D eigenvalue weighted by Gasteiger charge is 2.45. The van der Waals surface area contributed by atoms with Crippen LogP contribution in [0.15, 0.2) is 0 Å². The minimum Gasteiger partial charge on any atom is -0.457 e. The quantitative estimate of drug-likeness (QED) is 0.340. The minimum absolute atomic E-state index is 0.338. The Labute approximate surface area is 99.9 Å². The van der Waals surface area contributed by atoms with Gasteiger partial charge in [0.15, 0.2) is 0 Å². The average Bonchev–Trinajstić information content (AvgIpc) is 2.29. The van der Waals surface area contributed by atoms with Crippen LogP contribution in [0.25, 0.3) is 0 Å². The predicted molar refractivity (Wildman–Crippen MR) is 51.7 cm³/mol. The van der Waals surface area contributed by atoms with Gasteiger partial charge in [-0.05, 0) is 25.7 Å². The normalized spacial score (nSPS) is 25.6. The largest absolute Gasteiger partial charge is 0.457 e. The molecule has 9 heteroatoms. The van der Waals surface area contributed by atoms with E-state index in [9.17, 15) is 18.7 Å². The van der Waals surface area contributed by atoms with E-state index >= 15 is 0 Å². The second-order valence-electron chi connectivity index (χ2n) is 3.58. The van der Waals surface area contributed by atoms with Crippen molar-refractivity contribution < 1.29 is 38.0 Å². The van der Waals surface area contributed by atoms with Gasteiger partial charge in [0.05, 0.1) is 6.10 Å². The molecule has 100 valence electrons. The summed E-state index contributed by atoms with van der Waals surface area (Å²) < 4.78 is 34.0. The third kappa shape index (κ3) is 4.72. The molecular weight excluding hydrogens is 262 g/mol. The van der Waals surface area contributed by atoms with Gasteiger partial charge in [0, 0.05) is 0 Å². The van der Waals surface area contributed by atoms with Crippen molar-refractivity contribution in [2.45, 2.75) is 43.1 Å². The average molecular weight is 274 g/mol. The molecule has 1 rings (SSSR count). The van der Waals surface area contributed by atoms with Crippen molar-refractivity contribution in [2.24, 2.45) is 0 Å². The monoisotopic (exact) mass is 274 g/mol. The third-order valence-electron chi connectivity index (χ3n) is 2.32. The van der Waals surface area contributed by atoms with Gasteiger partial charge in [-0.25, -0.2) is 10.1 Å². The van der Waals surface area contributed by atoms with E-state index in [0.29, 0.717) is 25.7 Å². The molecule has 0 aromatic carbocycles. The molecule has 6 nitrogen and oxygen atoms in total. The Morgan fingerprint density at radius 2 is 1.88 bits per heavy atom. The van der Waals surface area contributed by atoms with Crippen LogP contribution in [0.4, 0.5) is 8.78 Å². The van der Waals surface area contributed by atoms with E-state index in [1.807, 2.05) is 0 Å². The fourth-order valence-corrected chi connectivity index (χ4v) is 1.71. The van der Waals surface area contributed by atoms with E-state index < -0.39 is 35.5 Å². The maximum Gasteiger partial charge on any atom is 0.415 e. The van der Waals surface area contributed by atoms with Gasteiger partial charge < -0.3 is 9.84 Å². The van der Waals surface area contributed by atoms with Crippen molar-refractivity contribution in [3.05, 3.63) is 0 Å². The second kappa shape index (κ2) is 6.45. The van der Waals surface area contributed by atoms with E-state index in [0.717, 1.165) is 0 Å². The number of carbonyl (C=O) groups excluding carboxylic acids is 1. The first-order valence-corrected chi connectivity index (χ1v) is 5.62. The zero-order valence-corrected chi connectivity index (χ0v) is 9.49. The SMILES string of the molecule is O=C(OC1CCC(O)CC1)C(F)(F)SOOO. The number of ether oxygens (including phenoxy) is 1. The molecule has 2 N–H and O–H groups in total. The number of halogens is 2. The van der Waals surface area contributed by atoms with Gasteiger partial charge in [-0.1, -0.05) is 5.04 Å². The number of hydrogen-bond acceptors (Lipinski definition) is 7. The molecule has 0 saturated heterocycles. The van der Waals surface area contributed by atoms with Crippen LogP contribution in [0, 0.1) is 0 Å². The number of alkyl halides is 2. The molecule has 0 heterocycles. The number of esters is 1. The smallest absolute Gasteiger partial charge is 0.415 e. The topological polar surface area (TPSA) is 85.2 Å². The van der Waals surface area contributed by atoms with Gasteiger partial charge in [0.2, 0.25) is 0 Å². The summed E-state index contributed by atoms with van der Waals surface area (Å²) in [5.41, 5.74) is 0. The maximum absolute atomic E-state index is 13.0. The second-order valence-corrected chi connectivity index (χ2v) is 4.39. The number of hydrogen-bond donors (Lipinski definition) is 2. The molecule has 0 bridgehead atoms. The summed E-state index contributed by atoms with van der Waals surface area (Å²) >= 11 is -0.654. The van der Waals surface area contributed by atoms with Crippen LogP contribution in [-0.4, -0.2) is 33.8 Å². The van der Waals surface area contributed by atoms with Crippen molar-refractivity contribution >= 4 is 18.0 Å². The molecule has 0 aromatic heterocycles. The van der Waals surface area contributed by atoms with Crippen LogP contribution in [-0.2, 0) is 18.9 Å². The van der Waals surface area contributed by atoms with Crippen LogP contribution in [0.3, 0.4) is 0 Å².